The van der Waals surface area contributed by atoms with E-state index in [0.717, 1.165) is 41.5 Å². The third kappa shape index (κ3) is 4.32. The van der Waals surface area contributed by atoms with Gasteiger partial charge in [0.2, 0.25) is 5.91 Å². The summed E-state index contributed by atoms with van der Waals surface area (Å²) in [6.07, 6.45) is 2.78. The summed E-state index contributed by atoms with van der Waals surface area (Å²) in [4.78, 5) is 36.5. The normalized spacial score (nSPS) is 21.8. The molecule has 3 aliphatic carbocycles. The number of rotatable bonds is 8. The number of hydrogen-bond acceptors (Lipinski definition) is 4. The van der Waals surface area contributed by atoms with E-state index < -0.39 is 18.1 Å². The molecule has 0 heterocycles. The van der Waals surface area contributed by atoms with Gasteiger partial charge in [-0.2, -0.15) is 0 Å². The first-order valence-electron chi connectivity index (χ1n) is 11.6. The molecule has 0 saturated heterocycles. The Hall–Kier alpha value is -3.35. The van der Waals surface area contributed by atoms with Gasteiger partial charge in [0, 0.05) is 12.5 Å². The Morgan fingerprint density at radius 1 is 1.00 bits per heavy atom. The summed E-state index contributed by atoms with van der Waals surface area (Å²) in [5, 5.41) is 14.7. The van der Waals surface area contributed by atoms with Crippen molar-refractivity contribution in [1.29, 1.82) is 0 Å². The van der Waals surface area contributed by atoms with Gasteiger partial charge in [-0.05, 0) is 53.4 Å². The first-order valence-corrected chi connectivity index (χ1v) is 11.6. The minimum Gasteiger partial charge on any atom is -0.481 e. The summed E-state index contributed by atoms with van der Waals surface area (Å²) in [6, 6.07) is 15.6. The van der Waals surface area contributed by atoms with Crippen LogP contribution in [0.2, 0.25) is 0 Å². The van der Waals surface area contributed by atoms with Crippen LogP contribution in [0, 0.1) is 17.8 Å². The van der Waals surface area contributed by atoms with Crippen molar-refractivity contribution >= 4 is 18.0 Å². The van der Waals surface area contributed by atoms with Gasteiger partial charge in [0.15, 0.2) is 0 Å². The number of ether oxygens (including phenoxy) is 1. The second-order valence-corrected chi connectivity index (χ2v) is 9.32. The Morgan fingerprint density at radius 2 is 1.64 bits per heavy atom. The third-order valence-corrected chi connectivity index (χ3v) is 7.30. The lowest BCUT2D eigenvalue weighted by Crippen LogP contribution is -2.53. The van der Waals surface area contributed by atoms with Crippen LogP contribution in [0.15, 0.2) is 48.5 Å². The van der Waals surface area contributed by atoms with Gasteiger partial charge in [0.25, 0.3) is 0 Å². The second kappa shape index (κ2) is 8.89. The average Bonchev–Trinajstić information content (AvgIpc) is 3.50. The van der Waals surface area contributed by atoms with Gasteiger partial charge in [-0.15, -0.1) is 0 Å². The van der Waals surface area contributed by atoms with Crippen LogP contribution >= 0.6 is 0 Å². The average molecular weight is 449 g/mol. The lowest BCUT2D eigenvalue weighted by atomic mass is 9.79. The maximum absolute atomic E-state index is 12.8. The number of carbonyl (C=O) groups excluding carboxylic acids is 2. The van der Waals surface area contributed by atoms with Gasteiger partial charge in [-0.3, -0.25) is 9.59 Å². The van der Waals surface area contributed by atoms with E-state index in [2.05, 4.69) is 34.9 Å². The van der Waals surface area contributed by atoms with E-state index in [4.69, 9.17) is 9.84 Å². The van der Waals surface area contributed by atoms with Crippen molar-refractivity contribution < 1.29 is 24.2 Å². The molecule has 2 aromatic carbocycles. The van der Waals surface area contributed by atoms with Crippen LogP contribution in [0.3, 0.4) is 0 Å². The molecule has 2 saturated carbocycles. The summed E-state index contributed by atoms with van der Waals surface area (Å²) >= 11 is 0. The summed E-state index contributed by atoms with van der Waals surface area (Å²) in [5.74, 6) is -1.43. The number of hydrogen-bond donors (Lipinski definition) is 3. The van der Waals surface area contributed by atoms with Crippen LogP contribution in [0.25, 0.3) is 11.1 Å². The number of carboxylic acid groups (broad SMARTS) is 1. The molecule has 172 valence electrons. The molecule has 0 radical (unpaired) electrons. The number of aliphatic carboxylic acids is 1. The number of alkyl carbamates (subject to hydrolysis) is 1. The van der Waals surface area contributed by atoms with Gasteiger partial charge in [-0.1, -0.05) is 55.0 Å². The van der Waals surface area contributed by atoms with Crippen molar-refractivity contribution in [3.63, 3.8) is 0 Å². The molecule has 0 aromatic heterocycles. The minimum atomic E-state index is -0.818. The molecule has 7 nitrogen and oxygen atoms in total. The highest BCUT2D eigenvalue weighted by Crippen LogP contribution is 2.44. The first-order chi connectivity index (χ1) is 16.0. The molecular formula is C26H28N2O5. The van der Waals surface area contributed by atoms with Crippen molar-refractivity contribution in [2.75, 3.05) is 13.2 Å². The van der Waals surface area contributed by atoms with Crippen molar-refractivity contribution in [3.05, 3.63) is 59.7 Å². The number of benzene rings is 2. The van der Waals surface area contributed by atoms with Crippen LogP contribution in [0.4, 0.5) is 4.79 Å². The van der Waals surface area contributed by atoms with Crippen LogP contribution in [-0.4, -0.2) is 42.3 Å². The molecule has 3 N–H and O–H groups in total. The highest BCUT2D eigenvalue weighted by Gasteiger charge is 2.44. The van der Waals surface area contributed by atoms with E-state index in [1.807, 2.05) is 24.3 Å². The molecule has 1 unspecified atom stereocenters. The number of amides is 2. The molecule has 3 atom stereocenters. The zero-order valence-electron chi connectivity index (χ0n) is 18.3. The predicted octanol–water partition coefficient (Wildman–Crippen LogP) is 3.53. The molecular weight excluding hydrogens is 420 g/mol. The molecule has 0 spiro atoms. The second-order valence-electron chi connectivity index (χ2n) is 9.32. The third-order valence-electron chi connectivity index (χ3n) is 7.30. The number of fused-ring (bicyclic) bond motifs is 3. The lowest BCUT2D eigenvalue weighted by Gasteiger charge is -2.33. The maximum atomic E-state index is 12.8. The van der Waals surface area contributed by atoms with Gasteiger partial charge < -0.3 is 20.5 Å². The minimum absolute atomic E-state index is 0.0251. The smallest absolute Gasteiger partial charge is 0.407 e. The summed E-state index contributed by atoms with van der Waals surface area (Å²) in [5.41, 5.74) is 4.59. The van der Waals surface area contributed by atoms with E-state index in [9.17, 15) is 14.4 Å². The zero-order chi connectivity index (χ0) is 22.9. The van der Waals surface area contributed by atoms with Crippen molar-refractivity contribution in [2.45, 2.75) is 37.6 Å². The van der Waals surface area contributed by atoms with E-state index in [1.165, 1.54) is 0 Å². The van der Waals surface area contributed by atoms with Gasteiger partial charge >= 0.3 is 12.1 Å². The molecule has 2 fully saturated rings. The SMILES string of the molecule is O=C(NC(C(=O)NC[C@@H]1C[C@@H]1C(=O)O)C1CCC1)OCC1c2ccccc2-c2ccccc21. The fourth-order valence-electron chi connectivity index (χ4n) is 5.05. The van der Waals surface area contributed by atoms with Crippen molar-refractivity contribution in [1.82, 2.24) is 10.6 Å². The molecule has 0 bridgehead atoms. The molecule has 3 aliphatic rings. The fraction of sp³-hybridized carbons (Fsp3) is 0.423. The van der Waals surface area contributed by atoms with Crippen molar-refractivity contribution in [3.8, 4) is 11.1 Å². The van der Waals surface area contributed by atoms with Crippen LogP contribution in [-0.2, 0) is 14.3 Å². The van der Waals surface area contributed by atoms with Gasteiger partial charge in [0.1, 0.15) is 12.6 Å². The standard InChI is InChI=1S/C26H28N2O5/c29-24(27-13-16-12-21(16)25(30)31)23(15-6-5-7-15)28-26(32)33-14-22-19-10-3-1-8-17(19)18-9-2-4-11-20(18)22/h1-4,8-11,15-16,21-23H,5-7,12-14H2,(H,27,29)(H,28,32)(H,30,31)/t16-,21-,23?/m0/s1. The molecule has 33 heavy (non-hydrogen) atoms. The fourth-order valence-corrected chi connectivity index (χ4v) is 5.05. The Balaban J connectivity index is 1.19. The molecule has 7 heteroatoms. The Kier molecular flexibility index (Phi) is 5.79. The summed E-state index contributed by atoms with van der Waals surface area (Å²) in [6.45, 7) is 0.520. The highest BCUT2D eigenvalue weighted by atomic mass is 16.5. The molecule has 0 aliphatic heterocycles. The lowest BCUT2D eigenvalue weighted by molar-refractivity contribution is -0.139. The Bertz CT molecular complexity index is 1030. The van der Waals surface area contributed by atoms with Crippen molar-refractivity contribution in [2.24, 2.45) is 17.8 Å². The summed E-state index contributed by atoms with van der Waals surface area (Å²) in [7, 11) is 0. The Morgan fingerprint density at radius 3 is 2.18 bits per heavy atom. The van der Waals surface area contributed by atoms with Gasteiger partial charge in [0.05, 0.1) is 5.92 Å². The Labute approximate surface area is 192 Å². The van der Waals surface area contributed by atoms with Crippen LogP contribution in [0.1, 0.15) is 42.7 Å². The summed E-state index contributed by atoms with van der Waals surface area (Å²) < 4.78 is 5.62. The molecule has 2 amide bonds. The van der Waals surface area contributed by atoms with E-state index in [-0.39, 0.29) is 36.2 Å². The van der Waals surface area contributed by atoms with E-state index in [1.54, 1.807) is 0 Å². The first kappa shape index (κ1) is 21.5. The van der Waals surface area contributed by atoms with Gasteiger partial charge in [-0.25, -0.2) is 4.79 Å². The largest absolute Gasteiger partial charge is 0.481 e. The molecule has 5 rings (SSSR count). The number of carboxylic acids is 1. The maximum Gasteiger partial charge on any atom is 0.407 e. The van der Waals surface area contributed by atoms with E-state index >= 15 is 0 Å². The zero-order valence-corrected chi connectivity index (χ0v) is 18.3. The van der Waals surface area contributed by atoms with Crippen LogP contribution < -0.4 is 10.6 Å². The number of nitrogens with one attached hydrogen (secondary N) is 2. The van der Waals surface area contributed by atoms with Crippen LogP contribution in [0.5, 0.6) is 0 Å². The van der Waals surface area contributed by atoms with E-state index in [0.29, 0.717) is 13.0 Å². The number of carbonyl (C=O) groups is 3. The highest BCUT2D eigenvalue weighted by molar-refractivity contribution is 5.86. The topological polar surface area (TPSA) is 105 Å². The molecule has 2 aromatic rings. The quantitative estimate of drug-likeness (QED) is 0.573. The predicted molar refractivity (Wildman–Crippen MR) is 122 cm³/mol. The monoisotopic (exact) mass is 448 g/mol.